The lowest BCUT2D eigenvalue weighted by molar-refractivity contribution is 0.0689. The summed E-state index contributed by atoms with van der Waals surface area (Å²) in [6.45, 7) is 0. The Bertz CT molecular complexity index is 785. The second-order valence-corrected chi connectivity index (χ2v) is 5.36. The molecule has 2 aromatic heterocycles. The molecule has 0 saturated carbocycles. The van der Waals surface area contributed by atoms with E-state index in [1.807, 2.05) is 59.0 Å². The molecular formula is C15H10IN3O2. The fourth-order valence-electron chi connectivity index (χ4n) is 2.03. The molecule has 3 rings (SSSR count). The predicted octanol–water partition coefficient (Wildman–Crippen LogP) is 3.24. The number of carboxylic acids is 1. The van der Waals surface area contributed by atoms with E-state index in [-0.39, 0.29) is 5.69 Å². The Kier molecular flexibility index (Phi) is 3.70. The lowest BCUT2D eigenvalue weighted by atomic mass is 10.1. The number of aromatic nitrogens is 3. The normalized spacial score (nSPS) is 10.5. The molecule has 5 nitrogen and oxygen atoms in total. The van der Waals surface area contributed by atoms with E-state index in [4.69, 9.17) is 0 Å². The summed E-state index contributed by atoms with van der Waals surface area (Å²) in [5, 5.41) is 13.5. The molecule has 21 heavy (non-hydrogen) atoms. The van der Waals surface area contributed by atoms with E-state index >= 15 is 0 Å². The van der Waals surface area contributed by atoms with Crippen molar-refractivity contribution in [1.29, 1.82) is 0 Å². The molecule has 0 saturated heterocycles. The molecule has 6 heteroatoms. The highest BCUT2D eigenvalue weighted by Gasteiger charge is 2.22. The first-order chi connectivity index (χ1) is 10.2. The van der Waals surface area contributed by atoms with E-state index in [2.05, 4.69) is 10.1 Å². The van der Waals surface area contributed by atoms with Gasteiger partial charge in [0.25, 0.3) is 0 Å². The molecule has 1 aromatic carbocycles. The van der Waals surface area contributed by atoms with Gasteiger partial charge in [0, 0.05) is 11.8 Å². The van der Waals surface area contributed by atoms with Crippen molar-refractivity contribution in [1.82, 2.24) is 14.8 Å². The maximum atomic E-state index is 11.3. The number of hydrogen-bond acceptors (Lipinski definition) is 3. The smallest absolute Gasteiger partial charge is 0.357 e. The van der Waals surface area contributed by atoms with Gasteiger partial charge in [-0.25, -0.2) is 14.5 Å². The van der Waals surface area contributed by atoms with Crippen molar-refractivity contribution in [3.8, 4) is 17.1 Å². The number of benzene rings is 1. The van der Waals surface area contributed by atoms with Crippen molar-refractivity contribution in [3.05, 3.63) is 64.0 Å². The molecule has 1 N–H and O–H groups in total. The van der Waals surface area contributed by atoms with Crippen molar-refractivity contribution in [2.24, 2.45) is 0 Å². The van der Waals surface area contributed by atoms with Gasteiger partial charge in [-0.3, -0.25) is 0 Å². The highest BCUT2D eigenvalue weighted by molar-refractivity contribution is 14.1. The summed E-state index contributed by atoms with van der Waals surface area (Å²) in [6.07, 6.45) is 1.65. The van der Waals surface area contributed by atoms with Crippen LogP contribution in [-0.4, -0.2) is 25.8 Å². The van der Waals surface area contributed by atoms with Crippen LogP contribution in [-0.2, 0) is 0 Å². The Labute approximate surface area is 134 Å². The molecule has 0 bridgehead atoms. The maximum absolute atomic E-state index is 11.3. The van der Waals surface area contributed by atoms with Gasteiger partial charge in [-0.2, -0.15) is 5.10 Å². The van der Waals surface area contributed by atoms with E-state index < -0.39 is 5.97 Å². The summed E-state index contributed by atoms with van der Waals surface area (Å²) >= 11 is 2.02. The summed E-state index contributed by atoms with van der Waals surface area (Å²) in [4.78, 5) is 15.6. The Morgan fingerprint density at radius 3 is 2.43 bits per heavy atom. The standard InChI is InChI=1S/C15H10IN3O2/c16-12-13(15(20)21)18-19(11-8-4-5-9-17-11)14(12)10-6-2-1-3-7-10/h1-9H,(H,20,21). The average Bonchev–Trinajstić information content (AvgIpc) is 2.87. The Morgan fingerprint density at radius 1 is 1.10 bits per heavy atom. The number of rotatable bonds is 3. The zero-order valence-corrected chi connectivity index (χ0v) is 12.9. The van der Waals surface area contributed by atoms with Gasteiger partial charge in [0.05, 0.1) is 9.26 Å². The maximum Gasteiger partial charge on any atom is 0.357 e. The summed E-state index contributed by atoms with van der Waals surface area (Å²) in [7, 11) is 0. The molecule has 0 unspecified atom stereocenters. The lowest BCUT2D eigenvalue weighted by Gasteiger charge is -2.06. The van der Waals surface area contributed by atoms with Crippen LogP contribution in [0.1, 0.15) is 10.5 Å². The van der Waals surface area contributed by atoms with Gasteiger partial charge in [-0.05, 0) is 34.7 Å². The molecule has 0 amide bonds. The first kappa shape index (κ1) is 13.7. The third kappa shape index (κ3) is 2.54. The summed E-state index contributed by atoms with van der Waals surface area (Å²) < 4.78 is 2.16. The number of aromatic carboxylic acids is 1. The van der Waals surface area contributed by atoms with Crippen LogP contribution < -0.4 is 0 Å². The fourth-order valence-corrected chi connectivity index (χ4v) is 2.90. The SMILES string of the molecule is O=C(O)c1nn(-c2ccccn2)c(-c2ccccc2)c1I. The topological polar surface area (TPSA) is 68.0 Å². The molecule has 0 spiro atoms. The van der Waals surface area contributed by atoms with Crippen LogP contribution in [0.4, 0.5) is 0 Å². The van der Waals surface area contributed by atoms with E-state index in [1.165, 1.54) is 0 Å². The average molecular weight is 391 g/mol. The summed E-state index contributed by atoms with van der Waals surface area (Å²) in [5.74, 6) is -0.465. The first-order valence-corrected chi connectivity index (χ1v) is 7.25. The van der Waals surface area contributed by atoms with Gasteiger partial charge in [0.2, 0.25) is 0 Å². The molecule has 0 atom stereocenters. The Balaban J connectivity index is 2.29. The summed E-state index contributed by atoms with van der Waals surface area (Å²) in [5.41, 5.74) is 1.65. The number of carbonyl (C=O) groups is 1. The molecular weight excluding hydrogens is 381 g/mol. The van der Waals surface area contributed by atoms with Crippen LogP contribution in [0.15, 0.2) is 54.7 Å². The van der Waals surface area contributed by atoms with E-state index in [0.29, 0.717) is 9.39 Å². The molecule has 0 aliphatic carbocycles. The molecule has 0 fully saturated rings. The monoisotopic (exact) mass is 391 g/mol. The molecule has 0 radical (unpaired) electrons. The van der Waals surface area contributed by atoms with Crippen molar-refractivity contribution in [2.75, 3.05) is 0 Å². The minimum atomic E-state index is -1.05. The van der Waals surface area contributed by atoms with E-state index in [0.717, 1.165) is 11.3 Å². The molecule has 2 heterocycles. The second kappa shape index (κ2) is 5.65. The largest absolute Gasteiger partial charge is 0.476 e. The van der Waals surface area contributed by atoms with Crippen molar-refractivity contribution in [2.45, 2.75) is 0 Å². The first-order valence-electron chi connectivity index (χ1n) is 6.17. The van der Waals surface area contributed by atoms with E-state index in [9.17, 15) is 9.90 Å². The Hall–Kier alpha value is -2.22. The zero-order chi connectivity index (χ0) is 14.8. The number of carboxylic acid groups (broad SMARTS) is 1. The number of halogens is 1. The minimum Gasteiger partial charge on any atom is -0.476 e. The number of pyridine rings is 1. The van der Waals surface area contributed by atoms with Crippen molar-refractivity contribution in [3.63, 3.8) is 0 Å². The van der Waals surface area contributed by atoms with Gasteiger partial charge in [-0.1, -0.05) is 36.4 Å². The summed E-state index contributed by atoms with van der Waals surface area (Å²) in [6, 6.07) is 15.0. The second-order valence-electron chi connectivity index (χ2n) is 4.28. The van der Waals surface area contributed by atoms with Gasteiger partial charge < -0.3 is 5.11 Å². The van der Waals surface area contributed by atoms with Gasteiger partial charge in [-0.15, -0.1) is 0 Å². The van der Waals surface area contributed by atoms with Gasteiger partial charge >= 0.3 is 5.97 Å². The lowest BCUT2D eigenvalue weighted by Crippen LogP contribution is -2.03. The Morgan fingerprint density at radius 2 is 1.81 bits per heavy atom. The fraction of sp³-hybridized carbons (Fsp3) is 0. The molecule has 0 aliphatic rings. The quantitative estimate of drug-likeness (QED) is 0.697. The predicted molar refractivity (Wildman–Crippen MR) is 86.5 cm³/mol. The van der Waals surface area contributed by atoms with Crippen LogP contribution in [0.25, 0.3) is 17.1 Å². The van der Waals surface area contributed by atoms with Gasteiger partial charge in [0.15, 0.2) is 11.5 Å². The third-order valence-electron chi connectivity index (χ3n) is 2.94. The van der Waals surface area contributed by atoms with Crippen LogP contribution >= 0.6 is 22.6 Å². The van der Waals surface area contributed by atoms with Crippen LogP contribution in [0.5, 0.6) is 0 Å². The molecule has 3 aromatic rings. The number of nitrogens with zero attached hydrogens (tertiary/aromatic N) is 3. The van der Waals surface area contributed by atoms with Crippen molar-refractivity contribution >= 4 is 28.6 Å². The minimum absolute atomic E-state index is 0.0279. The van der Waals surface area contributed by atoms with Gasteiger partial charge in [0.1, 0.15) is 0 Å². The van der Waals surface area contributed by atoms with E-state index in [1.54, 1.807) is 23.0 Å². The van der Waals surface area contributed by atoms with Crippen LogP contribution in [0, 0.1) is 3.57 Å². The highest BCUT2D eigenvalue weighted by Crippen LogP contribution is 2.29. The highest BCUT2D eigenvalue weighted by atomic mass is 127. The third-order valence-corrected chi connectivity index (χ3v) is 3.97. The number of hydrogen-bond donors (Lipinski definition) is 1. The van der Waals surface area contributed by atoms with Crippen molar-refractivity contribution < 1.29 is 9.90 Å². The zero-order valence-electron chi connectivity index (χ0n) is 10.8. The van der Waals surface area contributed by atoms with Crippen LogP contribution in [0.2, 0.25) is 0 Å². The molecule has 104 valence electrons. The molecule has 0 aliphatic heterocycles. The van der Waals surface area contributed by atoms with Crippen LogP contribution in [0.3, 0.4) is 0 Å².